The Balaban J connectivity index is 2.26. The molecule has 116 valence electrons. The number of carbonyl (C=O) groups is 1. The highest BCUT2D eigenvalue weighted by atomic mass is 35.5. The van der Waals surface area contributed by atoms with Crippen molar-refractivity contribution in [2.24, 2.45) is 0 Å². The molecule has 4 nitrogen and oxygen atoms in total. The maximum atomic E-state index is 12.3. The molecule has 0 heterocycles. The number of rotatable bonds is 5. The summed E-state index contributed by atoms with van der Waals surface area (Å²) in [7, 11) is -3.77. The van der Waals surface area contributed by atoms with Crippen molar-refractivity contribution in [2.75, 3.05) is 10.5 Å². The van der Waals surface area contributed by atoms with E-state index in [0.29, 0.717) is 16.3 Å². The van der Waals surface area contributed by atoms with Gasteiger partial charge in [-0.25, -0.2) is 8.42 Å². The number of nitrogens with one attached hydrogen (secondary N) is 1. The zero-order chi connectivity index (χ0) is 16.3. The van der Waals surface area contributed by atoms with E-state index >= 15 is 0 Å². The fourth-order valence-electron chi connectivity index (χ4n) is 1.68. The van der Waals surface area contributed by atoms with Crippen LogP contribution in [0.3, 0.4) is 0 Å². The lowest BCUT2D eigenvalue weighted by Crippen LogP contribution is -2.13. The van der Waals surface area contributed by atoms with Crippen LogP contribution < -0.4 is 4.72 Å². The highest BCUT2D eigenvalue weighted by molar-refractivity contribution is 7.92. The van der Waals surface area contributed by atoms with Crippen molar-refractivity contribution in [3.63, 3.8) is 0 Å². The Labute approximate surface area is 143 Å². The molecule has 2 rings (SSSR count). The van der Waals surface area contributed by atoms with E-state index in [1.807, 2.05) is 0 Å². The summed E-state index contributed by atoms with van der Waals surface area (Å²) >= 11 is 15.5. The van der Waals surface area contributed by atoms with Crippen molar-refractivity contribution >= 4 is 57.3 Å². The van der Waals surface area contributed by atoms with Crippen LogP contribution in [0.5, 0.6) is 0 Å². The van der Waals surface area contributed by atoms with Gasteiger partial charge in [-0.05, 0) is 30.3 Å². The number of hydrogen-bond donors (Lipinski definition) is 2. The Morgan fingerprint density at radius 2 is 1.68 bits per heavy atom. The van der Waals surface area contributed by atoms with E-state index in [1.165, 1.54) is 42.5 Å². The zero-order valence-corrected chi connectivity index (χ0v) is 14.3. The van der Waals surface area contributed by atoms with Gasteiger partial charge in [0.1, 0.15) is 0 Å². The van der Waals surface area contributed by atoms with Crippen molar-refractivity contribution in [3.05, 3.63) is 58.1 Å². The smallest absolute Gasteiger partial charge is 0.261 e. The number of anilines is 1. The lowest BCUT2D eigenvalue weighted by atomic mass is 10.1. The van der Waals surface area contributed by atoms with E-state index in [4.69, 9.17) is 23.2 Å². The molecule has 0 bridgehead atoms. The van der Waals surface area contributed by atoms with Crippen LogP contribution in [0.2, 0.25) is 10.0 Å². The van der Waals surface area contributed by atoms with Gasteiger partial charge in [0.05, 0.1) is 26.4 Å². The molecule has 1 N–H and O–H groups in total. The van der Waals surface area contributed by atoms with Gasteiger partial charge < -0.3 is 0 Å². The molecule has 0 atom stereocenters. The van der Waals surface area contributed by atoms with E-state index in [1.54, 1.807) is 0 Å². The molecule has 8 heteroatoms. The first-order chi connectivity index (χ1) is 10.3. The monoisotopic (exact) mass is 375 g/mol. The highest BCUT2D eigenvalue weighted by Crippen LogP contribution is 2.26. The van der Waals surface area contributed by atoms with Gasteiger partial charge in [-0.15, -0.1) is 0 Å². The van der Waals surface area contributed by atoms with Gasteiger partial charge in [0.2, 0.25) is 0 Å². The third-order valence-electron chi connectivity index (χ3n) is 2.80. The highest BCUT2D eigenvalue weighted by Gasteiger charge is 2.15. The average Bonchev–Trinajstić information content (AvgIpc) is 2.50. The van der Waals surface area contributed by atoms with E-state index in [0.717, 1.165) is 0 Å². The second kappa shape index (κ2) is 6.91. The Morgan fingerprint density at radius 1 is 1.05 bits per heavy atom. The average molecular weight is 376 g/mol. The number of benzene rings is 2. The first kappa shape index (κ1) is 17.1. The molecule has 0 amide bonds. The van der Waals surface area contributed by atoms with Gasteiger partial charge in [0, 0.05) is 5.56 Å². The molecular weight excluding hydrogens is 365 g/mol. The van der Waals surface area contributed by atoms with Crippen molar-refractivity contribution in [3.8, 4) is 0 Å². The number of sulfonamides is 1. The normalized spacial score (nSPS) is 11.2. The van der Waals surface area contributed by atoms with Crippen LogP contribution in [-0.4, -0.2) is 20.0 Å². The minimum absolute atomic E-state index is 0.0364. The molecular formula is C14H11Cl2NO3S2. The third kappa shape index (κ3) is 3.95. The van der Waals surface area contributed by atoms with E-state index in [9.17, 15) is 13.2 Å². The summed E-state index contributed by atoms with van der Waals surface area (Å²) in [5.41, 5.74) is 0.702. The lowest BCUT2D eigenvalue weighted by molar-refractivity contribution is 0.102. The molecule has 0 aliphatic carbocycles. The maximum Gasteiger partial charge on any atom is 0.261 e. The molecule has 0 aliphatic rings. The van der Waals surface area contributed by atoms with Crippen LogP contribution in [-0.2, 0) is 10.0 Å². The van der Waals surface area contributed by atoms with Crippen molar-refractivity contribution < 1.29 is 13.2 Å². The predicted octanol–water partition coefficient (Wildman–Crippen LogP) is 3.91. The van der Waals surface area contributed by atoms with Gasteiger partial charge >= 0.3 is 0 Å². The van der Waals surface area contributed by atoms with Gasteiger partial charge in [-0.3, -0.25) is 9.52 Å². The minimum Gasteiger partial charge on any atom is -0.293 e. The van der Waals surface area contributed by atoms with Gasteiger partial charge in [-0.1, -0.05) is 35.3 Å². The molecule has 2 aromatic carbocycles. The van der Waals surface area contributed by atoms with Crippen LogP contribution >= 0.6 is 35.8 Å². The number of carbonyl (C=O) groups excluding carboxylic acids is 1. The van der Waals surface area contributed by atoms with Crippen molar-refractivity contribution in [2.45, 2.75) is 4.90 Å². The maximum absolute atomic E-state index is 12.3. The summed E-state index contributed by atoms with van der Waals surface area (Å²) in [6.45, 7) is 0. The molecule has 22 heavy (non-hydrogen) atoms. The van der Waals surface area contributed by atoms with Gasteiger partial charge in [0.25, 0.3) is 10.0 Å². The molecule has 0 spiro atoms. The summed E-state index contributed by atoms with van der Waals surface area (Å²) in [5.74, 6) is -0.113. The Morgan fingerprint density at radius 3 is 2.23 bits per heavy atom. The van der Waals surface area contributed by atoms with Crippen molar-refractivity contribution in [1.82, 2.24) is 0 Å². The number of Topliss-reactive ketones (excluding diaryl/α,β-unsaturated/α-hetero) is 1. The Kier molecular flexibility index (Phi) is 5.39. The first-order valence-corrected chi connectivity index (χ1v) is 8.92. The van der Waals surface area contributed by atoms with Gasteiger partial charge in [-0.2, -0.15) is 12.6 Å². The summed E-state index contributed by atoms with van der Waals surface area (Å²) in [6, 6.07) is 10.0. The Bertz CT molecular complexity index is 805. The number of halogens is 2. The van der Waals surface area contributed by atoms with Crippen LogP contribution in [0.1, 0.15) is 10.4 Å². The lowest BCUT2D eigenvalue weighted by Gasteiger charge is -2.09. The van der Waals surface area contributed by atoms with Crippen molar-refractivity contribution in [1.29, 1.82) is 0 Å². The van der Waals surface area contributed by atoms with E-state index in [2.05, 4.69) is 17.4 Å². The minimum atomic E-state index is -3.77. The van der Waals surface area contributed by atoms with Crippen LogP contribution in [0.15, 0.2) is 47.4 Å². The fraction of sp³-hybridized carbons (Fsp3) is 0.0714. The standard InChI is InChI=1S/C14H11Cl2NO3S2/c15-12-6-3-10(7-13(12)16)17-22(19,20)11-4-1-9(2-5-11)14(18)8-21/h1-7,17,21H,8H2. The topological polar surface area (TPSA) is 63.2 Å². The largest absolute Gasteiger partial charge is 0.293 e. The molecule has 0 saturated heterocycles. The third-order valence-corrected chi connectivity index (χ3v) is 5.23. The quantitative estimate of drug-likeness (QED) is 0.615. The summed E-state index contributed by atoms with van der Waals surface area (Å²) < 4.78 is 26.9. The number of hydrogen-bond acceptors (Lipinski definition) is 4. The molecule has 0 radical (unpaired) electrons. The molecule has 0 saturated carbocycles. The van der Waals surface area contributed by atoms with E-state index in [-0.39, 0.29) is 21.5 Å². The summed E-state index contributed by atoms with van der Waals surface area (Å²) in [4.78, 5) is 11.5. The predicted molar refractivity (Wildman–Crippen MR) is 91.9 cm³/mol. The molecule has 2 aromatic rings. The molecule has 0 aromatic heterocycles. The first-order valence-electron chi connectivity index (χ1n) is 6.05. The second-order valence-corrected chi connectivity index (χ2v) is 7.15. The van der Waals surface area contributed by atoms with Crippen LogP contribution in [0, 0.1) is 0 Å². The summed E-state index contributed by atoms with van der Waals surface area (Å²) in [6.07, 6.45) is 0. The zero-order valence-electron chi connectivity index (χ0n) is 11.1. The molecule has 0 aliphatic heterocycles. The SMILES string of the molecule is O=C(CS)c1ccc(S(=O)(=O)Nc2ccc(Cl)c(Cl)c2)cc1. The Hall–Kier alpha value is -1.21. The molecule has 0 fully saturated rings. The second-order valence-electron chi connectivity index (χ2n) is 4.34. The van der Waals surface area contributed by atoms with Gasteiger partial charge in [0.15, 0.2) is 5.78 Å². The van der Waals surface area contributed by atoms with Crippen LogP contribution in [0.4, 0.5) is 5.69 Å². The van der Waals surface area contributed by atoms with E-state index < -0.39 is 10.0 Å². The van der Waals surface area contributed by atoms with Crippen LogP contribution in [0.25, 0.3) is 0 Å². The number of thiol groups is 1. The molecule has 0 unspecified atom stereocenters. The fourth-order valence-corrected chi connectivity index (χ4v) is 3.22. The summed E-state index contributed by atoms with van der Waals surface area (Å²) in [5, 5.41) is 0.579. The number of ketones is 1.